The summed E-state index contributed by atoms with van der Waals surface area (Å²) < 4.78 is 0. The zero-order valence-electron chi connectivity index (χ0n) is 16.4. The fourth-order valence-electron chi connectivity index (χ4n) is 5.12. The molecule has 1 aromatic carbocycles. The predicted octanol–water partition coefficient (Wildman–Crippen LogP) is 4.17. The van der Waals surface area contributed by atoms with E-state index in [1.807, 2.05) is 11.0 Å². The number of amides is 2. The Morgan fingerprint density at radius 2 is 1.37 bits per heavy atom. The largest absolute Gasteiger partial charge is 0.342 e. The summed E-state index contributed by atoms with van der Waals surface area (Å²) in [6.07, 6.45) is 10.4. The highest BCUT2D eigenvalue weighted by Gasteiger charge is 2.35. The van der Waals surface area contributed by atoms with Gasteiger partial charge in [0, 0.05) is 37.2 Å². The quantitative estimate of drug-likeness (QED) is 0.786. The molecule has 4 nitrogen and oxygen atoms in total. The van der Waals surface area contributed by atoms with E-state index >= 15 is 0 Å². The molecule has 1 aromatic rings. The Hall–Kier alpha value is -1.84. The van der Waals surface area contributed by atoms with Gasteiger partial charge in [-0.3, -0.25) is 9.59 Å². The molecule has 2 fully saturated rings. The Labute approximate surface area is 162 Å². The van der Waals surface area contributed by atoms with Gasteiger partial charge in [0.15, 0.2) is 0 Å². The molecule has 0 N–H and O–H groups in total. The van der Waals surface area contributed by atoms with Crippen LogP contribution in [0.2, 0.25) is 0 Å². The topological polar surface area (TPSA) is 40.6 Å². The molecule has 2 heterocycles. The van der Waals surface area contributed by atoms with Crippen molar-refractivity contribution in [2.24, 2.45) is 11.8 Å². The van der Waals surface area contributed by atoms with Gasteiger partial charge >= 0.3 is 0 Å². The zero-order valence-corrected chi connectivity index (χ0v) is 16.4. The maximum absolute atomic E-state index is 13.2. The second-order valence-corrected chi connectivity index (χ2v) is 8.51. The Morgan fingerprint density at radius 1 is 0.741 bits per heavy atom. The average Bonchev–Trinajstić information content (AvgIpc) is 3.02. The van der Waals surface area contributed by atoms with E-state index in [4.69, 9.17) is 0 Å². The summed E-state index contributed by atoms with van der Waals surface area (Å²) in [7, 11) is 0. The predicted molar refractivity (Wildman–Crippen MR) is 108 cm³/mol. The first kappa shape index (κ1) is 18.5. The Balaban J connectivity index is 1.35. The van der Waals surface area contributed by atoms with E-state index in [1.54, 1.807) is 0 Å². The second kappa shape index (κ2) is 8.45. The summed E-state index contributed by atoms with van der Waals surface area (Å²) in [4.78, 5) is 30.2. The third kappa shape index (κ3) is 4.04. The number of hydrogen-bond donors (Lipinski definition) is 0. The molecule has 0 bridgehead atoms. The second-order valence-electron chi connectivity index (χ2n) is 8.51. The van der Waals surface area contributed by atoms with E-state index in [-0.39, 0.29) is 17.7 Å². The molecule has 0 aromatic heterocycles. The van der Waals surface area contributed by atoms with Gasteiger partial charge in [-0.05, 0) is 63.0 Å². The van der Waals surface area contributed by atoms with E-state index in [0.29, 0.717) is 5.91 Å². The lowest BCUT2D eigenvalue weighted by molar-refractivity contribution is -0.138. The normalized spacial score (nSPS) is 26.2. The lowest BCUT2D eigenvalue weighted by Crippen LogP contribution is -2.43. The first-order chi connectivity index (χ1) is 13.2. The SMILES string of the molecule is O=C(C1CCC(C(=O)N2CCCc3ccccc32)CC1)N1CCCCCC1. The Morgan fingerprint density at radius 3 is 2.07 bits per heavy atom. The van der Waals surface area contributed by atoms with Crippen LogP contribution in [-0.2, 0) is 16.0 Å². The molecule has 4 rings (SSSR count). The molecule has 146 valence electrons. The van der Waals surface area contributed by atoms with Gasteiger partial charge in [-0.25, -0.2) is 0 Å². The number of benzene rings is 1. The Kier molecular flexibility index (Phi) is 5.80. The van der Waals surface area contributed by atoms with Crippen molar-refractivity contribution in [2.75, 3.05) is 24.5 Å². The summed E-state index contributed by atoms with van der Waals surface area (Å²) in [6.45, 7) is 2.70. The van der Waals surface area contributed by atoms with Gasteiger partial charge in [0.05, 0.1) is 0 Å². The first-order valence-corrected chi connectivity index (χ1v) is 10.9. The third-order valence-corrected chi connectivity index (χ3v) is 6.72. The van der Waals surface area contributed by atoms with Crippen LogP contribution >= 0.6 is 0 Å². The molecule has 0 spiro atoms. The minimum absolute atomic E-state index is 0.0874. The van der Waals surface area contributed by atoms with Gasteiger partial charge in [0.2, 0.25) is 11.8 Å². The van der Waals surface area contributed by atoms with Crippen LogP contribution in [0.15, 0.2) is 24.3 Å². The summed E-state index contributed by atoms with van der Waals surface area (Å²) in [5.74, 6) is 0.860. The van der Waals surface area contributed by atoms with Crippen LogP contribution in [-0.4, -0.2) is 36.3 Å². The molecule has 0 radical (unpaired) electrons. The smallest absolute Gasteiger partial charge is 0.230 e. The first-order valence-electron chi connectivity index (χ1n) is 10.9. The minimum Gasteiger partial charge on any atom is -0.342 e. The van der Waals surface area contributed by atoms with Crippen molar-refractivity contribution in [2.45, 2.75) is 64.2 Å². The van der Waals surface area contributed by atoms with Crippen LogP contribution in [0.4, 0.5) is 5.69 Å². The lowest BCUT2D eigenvalue weighted by Gasteiger charge is -2.36. The molecule has 1 aliphatic carbocycles. The van der Waals surface area contributed by atoms with Crippen molar-refractivity contribution < 1.29 is 9.59 Å². The average molecular weight is 369 g/mol. The van der Waals surface area contributed by atoms with Gasteiger partial charge < -0.3 is 9.80 Å². The number of para-hydroxylation sites is 1. The van der Waals surface area contributed by atoms with Crippen molar-refractivity contribution in [3.05, 3.63) is 29.8 Å². The van der Waals surface area contributed by atoms with E-state index in [0.717, 1.165) is 76.7 Å². The number of anilines is 1. The summed E-state index contributed by atoms with van der Waals surface area (Å²) in [5, 5.41) is 0. The van der Waals surface area contributed by atoms with Crippen LogP contribution < -0.4 is 4.90 Å². The van der Waals surface area contributed by atoms with Crippen molar-refractivity contribution in [3.63, 3.8) is 0 Å². The summed E-state index contributed by atoms with van der Waals surface area (Å²) >= 11 is 0. The summed E-state index contributed by atoms with van der Waals surface area (Å²) in [6, 6.07) is 8.32. The molecule has 2 amide bonds. The molecular weight excluding hydrogens is 336 g/mol. The highest BCUT2D eigenvalue weighted by molar-refractivity contribution is 5.96. The number of fused-ring (bicyclic) bond motifs is 1. The lowest BCUT2D eigenvalue weighted by atomic mass is 9.80. The molecule has 0 atom stereocenters. The fraction of sp³-hybridized carbons (Fsp3) is 0.652. The van der Waals surface area contributed by atoms with E-state index in [9.17, 15) is 9.59 Å². The van der Waals surface area contributed by atoms with E-state index < -0.39 is 0 Å². The number of rotatable bonds is 2. The van der Waals surface area contributed by atoms with E-state index in [2.05, 4.69) is 23.1 Å². The van der Waals surface area contributed by atoms with Gasteiger partial charge in [-0.2, -0.15) is 0 Å². The summed E-state index contributed by atoms with van der Waals surface area (Å²) in [5.41, 5.74) is 2.40. The van der Waals surface area contributed by atoms with Crippen LogP contribution in [0.25, 0.3) is 0 Å². The van der Waals surface area contributed by atoms with Gasteiger partial charge in [-0.1, -0.05) is 31.0 Å². The van der Waals surface area contributed by atoms with Crippen LogP contribution in [0.1, 0.15) is 63.4 Å². The molecule has 0 unspecified atom stereocenters. The number of carbonyl (C=O) groups excluding carboxylic acids is 2. The zero-order chi connectivity index (χ0) is 18.6. The van der Waals surface area contributed by atoms with Crippen molar-refractivity contribution in [3.8, 4) is 0 Å². The van der Waals surface area contributed by atoms with Crippen molar-refractivity contribution in [1.29, 1.82) is 0 Å². The number of nitrogens with zero attached hydrogens (tertiary/aromatic N) is 2. The Bertz CT molecular complexity index is 671. The van der Waals surface area contributed by atoms with Gasteiger partial charge in [-0.15, -0.1) is 0 Å². The molecule has 4 heteroatoms. The maximum Gasteiger partial charge on any atom is 0.230 e. The van der Waals surface area contributed by atoms with Gasteiger partial charge in [0.25, 0.3) is 0 Å². The number of aryl methyl sites for hydroxylation is 1. The van der Waals surface area contributed by atoms with E-state index in [1.165, 1.54) is 18.4 Å². The van der Waals surface area contributed by atoms with Crippen molar-refractivity contribution >= 4 is 17.5 Å². The number of carbonyl (C=O) groups is 2. The maximum atomic E-state index is 13.2. The van der Waals surface area contributed by atoms with Crippen LogP contribution in [0, 0.1) is 11.8 Å². The number of likely N-dealkylation sites (tertiary alicyclic amines) is 1. The molecule has 27 heavy (non-hydrogen) atoms. The fourth-order valence-corrected chi connectivity index (χ4v) is 5.12. The molecule has 1 saturated heterocycles. The van der Waals surface area contributed by atoms with Crippen LogP contribution in [0.5, 0.6) is 0 Å². The molecular formula is C23H32N2O2. The highest BCUT2D eigenvalue weighted by atomic mass is 16.2. The minimum atomic E-state index is 0.0874. The molecule has 3 aliphatic rings. The standard InChI is InChI=1S/C23H32N2O2/c26-22(24-15-5-1-2-6-16-24)19-11-13-20(14-12-19)23(27)25-17-7-9-18-8-3-4-10-21(18)25/h3-4,8,10,19-20H,1-2,5-7,9,11-17H2. The molecule has 1 saturated carbocycles. The third-order valence-electron chi connectivity index (χ3n) is 6.72. The molecule has 2 aliphatic heterocycles. The number of hydrogen-bond acceptors (Lipinski definition) is 2. The highest BCUT2D eigenvalue weighted by Crippen LogP contribution is 2.35. The van der Waals surface area contributed by atoms with Crippen molar-refractivity contribution in [1.82, 2.24) is 4.90 Å². The van der Waals surface area contributed by atoms with Crippen LogP contribution in [0.3, 0.4) is 0 Å². The van der Waals surface area contributed by atoms with Gasteiger partial charge in [0.1, 0.15) is 0 Å². The monoisotopic (exact) mass is 368 g/mol.